The number of rotatable bonds is 11. The van der Waals surface area contributed by atoms with E-state index in [9.17, 15) is 24.0 Å². The van der Waals surface area contributed by atoms with Crippen molar-refractivity contribution in [3.8, 4) is 0 Å². The summed E-state index contributed by atoms with van der Waals surface area (Å²) in [6, 6.07) is -1.31. The second kappa shape index (κ2) is 10.6. The van der Waals surface area contributed by atoms with E-state index >= 15 is 0 Å². The molecule has 3 N–H and O–H groups in total. The third-order valence-electron chi connectivity index (χ3n) is 2.54. The molecule has 2 atom stereocenters. The van der Waals surface area contributed by atoms with Crippen molar-refractivity contribution < 1.29 is 38.9 Å². The molecule has 0 aliphatic heterocycles. The number of ether oxygens (including phenoxy) is 1. The molecule has 0 aromatic carbocycles. The van der Waals surface area contributed by atoms with Crippen LogP contribution in [0, 0.1) is 5.92 Å². The monoisotopic (exact) mass is 349 g/mol. The van der Waals surface area contributed by atoms with Crippen molar-refractivity contribution >= 4 is 41.4 Å². The van der Waals surface area contributed by atoms with Gasteiger partial charge in [0.25, 0.3) is 0 Å². The fourth-order valence-electron chi connectivity index (χ4n) is 1.41. The highest BCUT2D eigenvalue weighted by Crippen LogP contribution is 2.09. The van der Waals surface area contributed by atoms with Crippen LogP contribution in [-0.2, 0) is 28.7 Å². The third-order valence-corrected chi connectivity index (χ3v) is 3.73. The molecule has 0 aliphatic rings. The molecule has 0 radical (unpaired) electrons. The van der Waals surface area contributed by atoms with Crippen LogP contribution in [0.5, 0.6) is 0 Å². The maximum Gasteiger partial charge on any atom is 0.313 e. The van der Waals surface area contributed by atoms with Crippen LogP contribution in [0.3, 0.4) is 0 Å². The summed E-state index contributed by atoms with van der Waals surface area (Å²) in [5, 5.41) is 19.6. The second-order valence-electron chi connectivity index (χ2n) is 4.72. The van der Waals surface area contributed by atoms with E-state index in [1.165, 1.54) is 6.92 Å². The van der Waals surface area contributed by atoms with Crippen molar-refractivity contribution in [3.63, 3.8) is 0 Å². The Morgan fingerprint density at radius 3 is 2.22 bits per heavy atom. The molecule has 2 unspecified atom stereocenters. The van der Waals surface area contributed by atoms with Gasteiger partial charge in [-0.1, -0.05) is 6.92 Å². The molecule has 130 valence electrons. The van der Waals surface area contributed by atoms with Crippen molar-refractivity contribution in [2.45, 2.75) is 26.3 Å². The molecule has 0 rings (SSSR count). The Bertz CT molecular complexity index is 479. The predicted octanol–water partition coefficient (Wildman–Crippen LogP) is -0.468. The maximum atomic E-state index is 11.9. The van der Waals surface area contributed by atoms with E-state index in [1.807, 2.05) is 0 Å². The summed E-state index contributed by atoms with van der Waals surface area (Å²) in [5.74, 6) is -4.89. The first-order chi connectivity index (χ1) is 10.6. The average Bonchev–Trinajstić information content (AvgIpc) is 2.42. The maximum absolute atomic E-state index is 11.9. The van der Waals surface area contributed by atoms with Crippen molar-refractivity contribution in [3.05, 3.63) is 0 Å². The summed E-state index contributed by atoms with van der Waals surface area (Å²) < 4.78 is 4.50. The lowest BCUT2D eigenvalue weighted by Crippen LogP contribution is -2.46. The first-order valence-electron chi connectivity index (χ1n) is 6.61. The first-order valence-corrected chi connectivity index (χ1v) is 7.76. The fraction of sp³-hybridized carbons (Fsp3) is 0.615. The minimum absolute atomic E-state index is 0.165. The molecule has 0 spiro atoms. The van der Waals surface area contributed by atoms with Crippen LogP contribution in [0.1, 0.15) is 20.3 Å². The Hall–Kier alpha value is -2.10. The smallest absolute Gasteiger partial charge is 0.313 e. The van der Waals surface area contributed by atoms with Gasteiger partial charge in [0.1, 0.15) is 6.04 Å². The lowest BCUT2D eigenvalue weighted by atomic mass is 10.1. The molecule has 0 fully saturated rings. The van der Waals surface area contributed by atoms with Crippen molar-refractivity contribution in [1.29, 1.82) is 0 Å². The number of carbonyl (C=O) groups is 5. The fourth-order valence-corrected chi connectivity index (χ4v) is 2.20. The van der Waals surface area contributed by atoms with Crippen molar-refractivity contribution in [1.82, 2.24) is 5.32 Å². The number of aliphatic carboxylic acids is 2. The normalized spacial score (nSPS) is 12.8. The highest BCUT2D eigenvalue weighted by Gasteiger charge is 2.26. The zero-order valence-corrected chi connectivity index (χ0v) is 13.6. The first kappa shape index (κ1) is 20.9. The molecule has 1 amide bonds. The number of carboxylic acid groups (broad SMARTS) is 2. The molecule has 0 aliphatic carbocycles. The number of amides is 1. The number of nitrogens with one attached hydrogen (secondary N) is 1. The molecule has 0 aromatic heterocycles. The molecular formula is C13H19NO8S. The summed E-state index contributed by atoms with van der Waals surface area (Å²) in [5.41, 5.74) is 0. The zero-order valence-electron chi connectivity index (χ0n) is 12.7. The molecular weight excluding hydrogens is 330 g/mol. The predicted molar refractivity (Wildman–Crippen MR) is 79.9 cm³/mol. The molecule has 0 heterocycles. The Balaban J connectivity index is 4.58. The lowest BCUT2D eigenvalue weighted by Gasteiger charge is -2.18. The summed E-state index contributed by atoms with van der Waals surface area (Å²) in [4.78, 5) is 55.6. The van der Waals surface area contributed by atoms with Gasteiger partial charge in [0, 0.05) is 18.6 Å². The van der Waals surface area contributed by atoms with E-state index in [0.29, 0.717) is 0 Å². The van der Waals surface area contributed by atoms with Gasteiger partial charge >= 0.3 is 17.9 Å². The number of thioether (sulfide) groups is 1. The van der Waals surface area contributed by atoms with Gasteiger partial charge in [0.2, 0.25) is 5.91 Å². The quantitative estimate of drug-likeness (QED) is 0.421. The second-order valence-corrected chi connectivity index (χ2v) is 5.75. The SMILES string of the molecule is CC(=O)OCC(=O)C(CC(=O)O)NC(=O)C(C)CSCC(=O)O. The minimum atomic E-state index is -1.31. The van der Waals surface area contributed by atoms with E-state index in [0.717, 1.165) is 18.7 Å². The molecule has 23 heavy (non-hydrogen) atoms. The third kappa shape index (κ3) is 10.3. The Kier molecular flexibility index (Phi) is 9.63. The Labute approximate surface area is 136 Å². The van der Waals surface area contributed by atoms with E-state index < -0.39 is 54.6 Å². The van der Waals surface area contributed by atoms with E-state index in [1.54, 1.807) is 0 Å². The zero-order chi connectivity index (χ0) is 18.0. The van der Waals surface area contributed by atoms with Gasteiger partial charge in [0.05, 0.1) is 12.2 Å². The van der Waals surface area contributed by atoms with Gasteiger partial charge in [0.15, 0.2) is 12.4 Å². The lowest BCUT2D eigenvalue weighted by molar-refractivity contribution is -0.147. The molecule has 9 nitrogen and oxygen atoms in total. The number of hydrogen-bond acceptors (Lipinski definition) is 7. The van der Waals surface area contributed by atoms with Crippen LogP contribution in [-0.4, -0.2) is 64.0 Å². The van der Waals surface area contributed by atoms with Crippen LogP contribution in [0.15, 0.2) is 0 Å². The van der Waals surface area contributed by atoms with Crippen molar-refractivity contribution in [2.75, 3.05) is 18.1 Å². The summed E-state index contributed by atoms with van der Waals surface area (Å²) >= 11 is 1.03. The van der Waals surface area contributed by atoms with Crippen LogP contribution >= 0.6 is 11.8 Å². The summed E-state index contributed by atoms with van der Waals surface area (Å²) in [7, 11) is 0. The molecule has 0 saturated heterocycles. The summed E-state index contributed by atoms with van der Waals surface area (Å²) in [6.07, 6.45) is -0.638. The molecule has 0 aromatic rings. The molecule has 0 bridgehead atoms. The number of hydrogen-bond donors (Lipinski definition) is 3. The van der Waals surface area contributed by atoms with Crippen LogP contribution in [0.2, 0.25) is 0 Å². The number of carbonyl (C=O) groups excluding carboxylic acids is 3. The highest BCUT2D eigenvalue weighted by molar-refractivity contribution is 7.99. The van der Waals surface area contributed by atoms with E-state index in [2.05, 4.69) is 10.1 Å². The van der Waals surface area contributed by atoms with Gasteiger partial charge in [-0.3, -0.25) is 24.0 Å². The van der Waals surface area contributed by atoms with Gasteiger partial charge in [-0.15, -0.1) is 11.8 Å². The standard InChI is InChI=1S/C13H19NO8S/c1-7(5-23-6-12(19)20)13(21)14-9(3-11(17)18)10(16)4-22-8(2)15/h7,9H,3-6H2,1-2H3,(H,14,21)(H,17,18)(H,19,20). The average molecular weight is 349 g/mol. The topological polar surface area (TPSA) is 147 Å². The number of carboxylic acids is 2. The van der Waals surface area contributed by atoms with E-state index in [-0.39, 0.29) is 11.5 Å². The molecule has 10 heteroatoms. The minimum Gasteiger partial charge on any atom is -0.481 e. The number of esters is 1. The number of ketones is 1. The van der Waals surface area contributed by atoms with Gasteiger partial charge in [-0.05, 0) is 0 Å². The Morgan fingerprint density at radius 2 is 1.74 bits per heavy atom. The molecule has 0 saturated carbocycles. The Morgan fingerprint density at radius 1 is 1.13 bits per heavy atom. The van der Waals surface area contributed by atoms with Gasteiger partial charge in [-0.25, -0.2) is 0 Å². The van der Waals surface area contributed by atoms with Crippen LogP contribution < -0.4 is 5.32 Å². The van der Waals surface area contributed by atoms with Gasteiger partial charge in [-0.2, -0.15) is 0 Å². The number of Topliss-reactive ketones (excluding diaryl/α,β-unsaturated/α-hetero) is 1. The largest absolute Gasteiger partial charge is 0.481 e. The summed E-state index contributed by atoms with van der Waals surface area (Å²) in [6.45, 7) is 1.99. The van der Waals surface area contributed by atoms with Crippen LogP contribution in [0.4, 0.5) is 0 Å². The highest BCUT2D eigenvalue weighted by atomic mass is 32.2. The van der Waals surface area contributed by atoms with E-state index in [4.69, 9.17) is 10.2 Å². The van der Waals surface area contributed by atoms with Crippen molar-refractivity contribution in [2.24, 2.45) is 5.92 Å². The van der Waals surface area contributed by atoms with Gasteiger partial charge < -0.3 is 20.3 Å². The van der Waals surface area contributed by atoms with Crippen LogP contribution in [0.25, 0.3) is 0 Å².